The van der Waals surface area contributed by atoms with Gasteiger partial charge in [0.25, 0.3) is 0 Å². The molecular weight excluding hydrogens is 440 g/mol. The van der Waals surface area contributed by atoms with E-state index in [4.69, 9.17) is 5.11 Å². The summed E-state index contributed by atoms with van der Waals surface area (Å²) in [5, 5.41) is 43.3. The van der Waals surface area contributed by atoms with Crippen LogP contribution in [0, 0.1) is 39.4 Å². The number of hydrogen-bond donors (Lipinski definition) is 4. The normalized spacial score (nSPS) is 46.0. The number of carbonyl (C=O) groups is 1. The van der Waals surface area contributed by atoms with Crippen LogP contribution in [-0.2, 0) is 4.79 Å². The molecule has 2 fully saturated rings. The fraction of sp³-hybridized carbons (Fsp3) is 0.833. The van der Waals surface area contributed by atoms with Gasteiger partial charge >= 0.3 is 5.97 Å². The number of carboxylic acid groups (broad SMARTS) is 1. The van der Waals surface area contributed by atoms with E-state index in [1.54, 1.807) is 6.92 Å². The summed E-state index contributed by atoms with van der Waals surface area (Å²) in [5.41, 5.74) is 1.98. The van der Waals surface area contributed by atoms with Crippen LogP contribution in [-0.4, -0.2) is 44.7 Å². The van der Waals surface area contributed by atoms with E-state index in [9.17, 15) is 20.1 Å². The lowest BCUT2D eigenvalue weighted by atomic mass is 9.42. The Kier molecular flexibility index (Phi) is 6.68. The van der Waals surface area contributed by atoms with Crippen molar-refractivity contribution in [3.05, 3.63) is 22.8 Å². The Morgan fingerprint density at radius 3 is 2.34 bits per heavy atom. The average Bonchev–Trinajstić information content (AvgIpc) is 2.99. The maximum absolute atomic E-state index is 11.7. The van der Waals surface area contributed by atoms with Crippen LogP contribution in [0.2, 0.25) is 0 Å². The van der Waals surface area contributed by atoms with Crippen molar-refractivity contribution >= 4 is 5.97 Å². The molecule has 35 heavy (non-hydrogen) atoms. The van der Waals surface area contributed by atoms with Gasteiger partial charge in [-0.05, 0) is 97.9 Å². The molecule has 5 nitrogen and oxygen atoms in total. The lowest BCUT2D eigenvalue weighted by molar-refractivity contribution is -0.132. The molecule has 0 aromatic carbocycles. The van der Waals surface area contributed by atoms with Gasteiger partial charge in [-0.3, -0.25) is 0 Å². The highest BCUT2D eigenvalue weighted by atomic mass is 16.4. The van der Waals surface area contributed by atoms with Gasteiger partial charge in [-0.2, -0.15) is 0 Å². The van der Waals surface area contributed by atoms with E-state index in [0.717, 1.165) is 50.5 Å². The zero-order chi connectivity index (χ0) is 26.1. The van der Waals surface area contributed by atoms with Crippen LogP contribution in [0.5, 0.6) is 0 Å². The van der Waals surface area contributed by atoms with Crippen molar-refractivity contribution < 1.29 is 25.2 Å². The minimum Gasteiger partial charge on any atom is -0.478 e. The maximum atomic E-state index is 11.7. The summed E-state index contributed by atoms with van der Waals surface area (Å²) in [6.07, 6.45) is 7.06. The Morgan fingerprint density at radius 1 is 1.06 bits per heavy atom. The third-order valence-electron chi connectivity index (χ3n) is 12.0. The van der Waals surface area contributed by atoms with E-state index in [-0.39, 0.29) is 28.3 Å². The number of fused-ring (bicyclic) bond motifs is 4. The highest BCUT2D eigenvalue weighted by molar-refractivity contribution is 5.85. The zero-order valence-electron chi connectivity index (χ0n) is 22.9. The summed E-state index contributed by atoms with van der Waals surface area (Å²) in [5.74, 6) is 0.0245. The molecule has 4 aliphatic rings. The van der Waals surface area contributed by atoms with E-state index in [1.165, 1.54) is 5.57 Å². The molecule has 0 spiro atoms. The fourth-order valence-corrected chi connectivity index (χ4v) is 9.42. The average molecular weight is 489 g/mol. The molecule has 4 N–H and O–H groups in total. The van der Waals surface area contributed by atoms with E-state index >= 15 is 0 Å². The Bertz CT molecular complexity index is 933. The summed E-state index contributed by atoms with van der Waals surface area (Å²) in [4.78, 5) is 11.2. The number of hydrogen-bond acceptors (Lipinski definition) is 4. The molecule has 0 aromatic heterocycles. The van der Waals surface area contributed by atoms with Crippen LogP contribution >= 0.6 is 0 Å². The van der Waals surface area contributed by atoms with Crippen molar-refractivity contribution in [1.82, 2.24) is 0 Å². The van der Waals surface area contributed by atoms with Gasteiger partial charge in [-0.1, -0.05) is 53.2 Å². The molecular formula is C30H48O5. The third kappa shape index (κ3) is 3.70. The van der Waals surface area contributed by atoms with Gasteiger partial charge in [0.2, 0.25) is 0 Å². The molecule has 5 heteroatoms. The van der Waals surface area contributed by atoms with Gasteiger partial charge in [0.1, 0.15) is 0 Å². The Balaban J connectivity index is 1.69. The highest BCUT2D eigenvalue weighted by Gasteiger charge is 2.67. The molecule has 0 aliphatic heterocycles. The minimum absolute atomic E-state index is 0.0514. The molecule has 4 aliphatic carbocycles. The maximum Gasteiger partial charge on any atom is 0.330 e. The van der Waals surface area contributed by atoms with Gasteiger partial charge in [0.05, 0.1) is 18.3 Å². The fourth-order valence-electron chi connectivity index (χ4n) is 9.42. The minimum atomic E-state index is -0.864. The van der Waals surface area contributed by atoms with Crippen molar-refractivity contribution in [2.24, 2.45) is 39.4 Å². The van der Waals surface area contributed by atoms with Crippen LogP contribution in [0.3, 0.4) is 0 Å². The first-order valence-electron chi connectivity index (χ1n) is 13.8. The van der Waals surface area contributed by atoms with Crippen LogP contribution in [0.1, 0.15) is 99.8 Å². The Morgan fingerprint density at radius 2 is 1.71 bits per heavy atom. The molecule has 0 saturated heterocycles. The van der Waals surface area contributed by atoms with Gasteiger partial charge < -0.3 is 20.4 Å². The van der Waals surface area contributed by atoms with Crippen LogP contribution in [0.15, 0.2) is 22.8 Å². The first-order valence-corrected chi connectivity index (χ1v) is 13.8. The van der Waals surface area contributed by atoms with Crippen LogP contribution in [0.25, 0.3) is 0 Å². The third-order valence-corrected chi connectivity index (χ3v) is 12.0. The van der Waals surface area contributed by atoms with Crippen LogP contribution < -0.4 is 0 Å². The number of aliphatic carboxylic acids is 1. The number of aliphatic hydroxyl groups excluding tert-OH is 3. The SMILES string of the molecule is C/C(=C/CCC(C)C1CC(O)C2(C)C3=C(CCC12C)C1(C)CCC(O)C(C)(C)C1CC3O)C(=O)O. The molecule has 9 atom stereocenters. The summed E-state index contributed by atoms with van der Waals surface area (Å²) >= 11 is 0. The van der Waals surface area contributed by atoms with Crippen molar-refractivity contribution in [3.8, 4) is 0 Å². The van der Waals surface area contributed by atoms with Gasteiger partial charge in [-0.25, -0.2) is 4.79 Å². The predicted octanol–water partition coefficient (Wildman–Crippen LogP) is 5.49. The monoisotopic (exact) mass is 488 g/mol. The van der Waals surface area contributed by atoms with E-state index in [0.29, 0.717) is 23.8 Å². The molecule has 0 aromatic rings. The van der Waals surface area contributed by atoms with Gasteiger partial charge in [0.15, 0.2) is 0 Å². The molecule has 0 radical (unpaired) electrons. The van der Waals surface area contributed by atoms with Crippen molar-refractivity contribution in [3.63, 3.8) is 0 Å². The first kappa shape index (κ1) is 26.9. The van der Waals surface area contributed by atoms with Crippen molar-refractivity contribution in [2.75, 3.05) is 0 Å². The molecule has 4 rings (SSSR count). The van der Waals surface area contributed by atoms with Gasteiger partial charge in [-0.15, -0.1) is 0 Å². The first-order chi connectivity index (χ1) is 16.1. The molecule has 2 saturated carbocycles. The van der Waals surface area contributed by atoms with E-state index < -0.39 is 23.6 Å². The van der Waals surface area contributed by atoms with E-state index in [2.05, 4.69) is 41.5 Å². The molecule has 9 unspecified atom stereocenters. The topological polar surface area (TPSA) is 98.0 Å². The summed E-state index contributed by atoms with van der Waals surface area (Å²) in [6.45, 7) is 15.1. The number of carboxylic acids is 1. The quantitative estimate of drug-likeness (QED) is 0.303. The predicted molar refractivity (Wildman–Crippen MR) is 138 cm³/mol. The summed E-state index contributed by atoms with van der Waals surface area (Å²) in [7, 11) is 0. The molecule has 0 heterocycles. The second kappa shape index (κ2) is 8.70. The van der Waals surface area contributed by atoms with E-state index in [1.807, 2.05) is 6.08 Å². The lowest BCUT2D eigenvalue weighted by Crippen LogP contribution is -2.59. The highest BCUT2D eigenvalue weighted by Crippen LogP contribution is 2.72. The number of allylic oxidation sites excluding steroid dienone is 2. The molecule has 0 amide bonds. The molecule has 0 bridgehead atoms. The van der Waals surface area contributed by atoms with Crippen LogP contribution in [0.4, 0.5) is 0 Å². The second-order valence-electron chi connectivity index (χ2n) is 13.7. The number of rotatable bonds is 5. The standard InChI is InChI=1S/C30H48O5/c1-17(9-8-10-18(2)26(34)35)20-15-24(33)30(7)25-19(11-14-29(20,30)6)28(5)13-12-23(32)27(3,4)22(28)16-21(25)31/h10,17,20-24,31-33H,8-9,11-16H2,1-7H3,(H,34,35)/b18-10-. The Labute approximate surface area is 211 Å². The number of aliphatic hydroxyl groups is 3. The van der Waals surface area contributed by atoms with Crippen molar-refractivity contribution in [2.45, 2.75) is 118 Å². The zero-order valence-corrected chi connectivity index (χ0v) is 22.9. The summed E-state index contributed by atoms with van der Waals surface area (Å²) < 4.78 is 0. The summed E-state index contributed by atoms with van der Waals surface area (Å²) in [6, 6.07) is 0. The second-order valence-corrected chi connectivity index (χ2v) is 13.7. The molecule has 198 valence electrons. The largest absolute Gasteiger partial charge is 0.478 e. The van der Waals surface area contributed by atoms with Gasteiger partial charge in [0, 0.05) is 11.0 Å². The smallest absolute Gasteiger partial charge is 0.330 e. The van der Waals surface area contributed by atoms with Crippen molar-refractivity contribution in [1.29, 1.82) is 0 Å². The lowest BCUT2D eigenvalue weighted by Gasteiger charge is -2.63. The Hall–Kier alpha value is -1.17.